The quantitative estimate of drug-likeness (QED) is 0.288. The van der Waals surface area contributed by atoms with Gasteiger partial charge in [-0.25, -0.2) is 0 Å². The maximum Gasteiger partial charge on any atom is 0.226 e. The van der Waals surface area contributed by atoms with Crippen LogP contribution in [0.3, 0.4) is 0 Å². The maximum atomic E-state index is 11.6. The molecule has 0 radical (unpaired) electrons. The first kappa shape index (κ1) is 21.4. The van der Waals surface area contributed by atoms with Crippen LogP contribution < -0.4 is 9.47 Å². The number of aryl methyl sites for hydroxylation is 1. The fourth-order valence-corrected chi connectivity index (χ4v) is 3.91. The molecule has 0 bridgehead atoms. The Morgan fingerprint density at radius 1 is 0.794 bits per heavy atom. The molecule has 6 heteroatoms. The first-order valence-corrected chi connectivity index (χ1v) is 11.0. The highest BCUT2D eigenvalue weighted by molar-refractivity contribution is 6.02. The van der Waals surface area contributed by atoms with E-state index in [0.717, 1.165) is 33.9 Å². The number of pyridine rings is 1. The molecule has 0 atom stereocenters. The molecule has 5 aromatic rings. The van der Waals surface area contributed by atoms with Crippen molar-refractivity contribution in [2.24, 2.45) is 7.05 Å². The van der Waals surface area contributed by atoms with Gasteiger partial charge in [-0.05, 0) is 23.3 Å². The first-order chi connectivity index (χ1) is 16.7. The zero-order chi connectivity index (χ0) is 23.3. The smallest absolute Gasteiger partial charge is 0.226 e. The molecule has 0 aliphatic rings. The third-order valence-corrected chi connectivity index (χ3v) is 5.56. The molecular weight excluding hydrogens is 426 g/mol. The van der Waals surface area contributed by atoms with Crippen LogP contribution in [0.4, 0.5) is 0 Å². The molecule has 34 heavy (non-hydrogen) atoms. The summed E-state index contributed by atoms with van der Waals surface area (Å²) in [5.41, 5.74) is 4.87. The third kappa shape index (κ3) is 4.38. The molecule has 5 rings (SSSR count). The van der Waals surface area contributed by atoms with Crippen LogP contribution in [0.15, 0.2) is 91.0 Å². The van der Waals surface area contributed by atoms with Gasteiger partial charge >= 0.3 is 0 Å². The molecule has 0 unspecified atom stereocenters. The highest BCUT2D eigenvalue weighted by Gasteiger charge is 2.19. The molecule has 3 aromatic carbocycles. The van der Waals surface area contributed by atoms with Crippen LogP contribution in [0.25, 0.3) is 22.2 Å². The Hall–Kier alpha value is -4.45. The van der Waals surface area contributed by atoms with Crippen LogP contribution in [0, 0.1) is 0 Å². The number of carbonyl (C=O) groups is 1. The second-order valence-corrected chi connectivity index (χ2v) is 7.88. The minimum atomic E-state index is 0.354. The number of aldehydes is 1. The summed E-state index contributed by atoms with van der Waals surface area (Å²) in [5.74, 6) is 0.885. The van der Waals surface area contributed by atoms with Crippen LogP contribution in [0.1, 0.15) is 21.5 Å². The van der Waals surface area contributed by atoms with E-state index in [2.05, 4.69) is 4.98 Å². The monoisotopic (exact) mass is 449 g/mol. The second-order valence-electron chi connectivity index (χ2n) is 7.88. The minimum Gasteiger partial charge on any atom is -0.473 e. The van der Waals surface area contributed by atoms with Gasteiger partial charge in [0.25, 0.3) is 0 Å². The predicted molar refractivity (Wildman–Crippen MR) is 131 cm³/mol. The van der Waals surface area contributed by atoms with Gasteiger partial charge in [-0.2, -0.15) is 10.1 Å². The lowest BCUT2D eigenvalue weighted by Gasteiger charge is -2.12. The Bertz CT molecular complexity index is 1430. The number of fused-ring (bicyclic) bond motifs is 1. The number of aromatic nitrogens is 3. The van der Waals surface area contributed by atoms with E-state index in [1.54, 1.807) is 10.7 Å². The Kier molecular flexibility index (Phi) is 6.03. The number of ether oxygens (including phenoxy) is 2. The van der Waals surface area contributed by atoms with E-state index in [-0.39, 0.29) is 0 Å². The average Bonchev–Trinajstić information content (AvgIpc) is 3.24. The number of nitrogens with zero attached hydrogens (tertiary/aromatic N) is 3. The van der Waals surface area contributed by atoms with Crippen LogP contribution in [-0.4, -0.2) is 21.1 Å². The number of hydrogen-bond donors (Lipinski definition) is 0. The Balaban J connectivity index is 1.53. The van der Waals surface area contributed by atoms with E-state index in [4.69, 9.17) is 14.6 Å². The molecule has 0 saturated carbocycles. The molecule has 0 spiro atoms. The molecule has 2 heterocycles. The zero-order valence-electron chi connectivity index (χ0n) is 18.7. The lowest BCUT2D eigenvalue weighted by Crippen LogP contribution is -2.02. The van der Waals surface area contributed by atoms with Gasteiger partial charge in [-0.1, -0.05) is 72.8 Å². The summed E-state index contributed by atoms with van der Waals surface area (Å²) in [7, 11) is 1.83. The third-order valence-electron chi connectivity index (χ3n) is 5.56. The van der Waals surface area contributed by atoms with E-state index < -0.39 is 0 Å². The Morgan fingerprint density at radius 2 is 1.47 bits per heavy atom. The molecular formula is C28H23N3O3. The number of carbonyl (C=O) groups excluding carboxylic acids is 1. The molecule has 0 fully saturated rings. The van der Waals surface area contributed by atoms with Gasteiger partial charge in [0.1, 0.15) is 18.9 Å². The van der Waals surface area contributed by atoms with Crippen molar-refractivity contribution in [2.75, 3.05) is 0 Å². The van der Waals surface area contributed by atoms with Gasteiger partial charge in [-0.15, -0.1) is 0 Å². The number of rotatable bonds is 8. The summed E-state index contributed by atoms with van der Waals surface area (Å²) in [6.07, 6.45) is 0.847. The molecule has 0 amide bonds. The number of hydrogen-bond acceptors (Lipinski definition) is 5. The standard InChI is InChI=1S/C28H23N3O3/c1-31-27-22(17-32)13-8-14-23(27)26(30-31)24-15-16-25(33-18-20-9-4-2-5-10-20)29-28(24)34-19-21-11-6-3-7-12-21/h2-17H,18-19H2,1H3. The minimum absolute atomic E-state index is 0.354. The van der Waals surface area contributed by atoms with Crippen LogP contribution >= 0.6 is 0 Å². The number of para-hydroxylation sites is 1. The highest BCUT2D eigenvalue weighted by Crippen LogP contribution is 2.35. The van der Waals surface area contributed by atoms with Crippen molar-refractivity contribution in [2.45, 2.75) is 13.2 Å². The SMILES string of the molecule is Cn1nc(-c2ccc(OCc3ccccc3)nc2OCc2ccccc2)c2cccc(C=O)c21. The summed E-state index contributed by atoms with van der Waals surface area (Å²) in [6, 6.07) is 29.2. The summed E-state index contributed by atoms with van der Waals surface area (Å²) < 4.78 is 13.8. The summed E-state index contributed by atoms with van der Waals surface area (Å²) in [6.45, 7) is 0.758. The van der Waals surface area contributed by atoms with E-state index in [1.807, 2.05) is 92.0 Å². The van der Waals surface area contributed by atoms with Gasteiger partial charge in [-0.3, -0.25) is 9.48 Å². The van der Waals surface area contributed by atoms with Gasteiger partial charge in [0, 0.05) is 24.1 Å². The van der Waals surface area contributed by atoms with E-state index in [1.165, 1.54) is 0 Å². The van der Waals surface area contributed by atoms with Gasteiger partial charge in [0.05, 0.1) is 11.1 Å². The van der Waals surface area contributed by atoms with Crippen molar-refractivity contribution < 1.29 is 14.3 Å². The zero-order valence-corrected chi connectivity index (χ0v) is 18.7. The molecule has 0 N–H and O–H groups in total. The van der Waals surface area contributed by atoms with E-state index in [0.29, 0.717) is 36.2 Å². The molecule has 168 valence electrons. The molecule has 0 saturated heterocycles. The van der Waals surface area contributed by atoms with Crippen molar-refractivity contribution in [1.82, 2.24) is 14.8 Å². The summed E-state index contributed by atoms with van der Waals surface area (Å²) >= 11 is 0. The Morgan fingerprint density at radius 3 is 2.15 bits per heavy atom. The predicted octanol–water partition coefficient (Wildman–Crippen LogP) is 5.61. The molecule has 2 aromatic heterocycles. The highest BCUT2D eigenvalue weighted by atomic mass is 16.5. The van der Waals surface area contributed by atoms with Gasteiger partial charge in [0.2, 0.25) is 11.8 Å². The number of benzene rings is 3. The fraction of sp³-hybridized carbons (Fsp3) is 0.107. The largest absolute Gasteiger partial charge is 0.473 e. The maximum absolute atomic E-state index is 11.6. The lowest BCUT2D eigenvalue weighted by atomic mass is 10.1. The normalized spacial score (nSPS) is 10.9. The Labute approximate surface area is 197 Å². The van der Waals surface area contributed by atoms with Gasteiger partial charge in [0.15, 0.2) is 6.29 Å². The molecule has 0 aliphatic carbocycles. The topological polar surface area (TPSA) is 66.2 Å². The van der Waals surface area contributed by atoms with Crippen LogP contribution in [-0.2, 0) is 20.3 Å². The van der Waals surface area contributed by atoms with Crippen LogP contribution in [0.5, 0.6) is 11.8 Å². The first-order valence-electron chi connectivity index (χ1n) is 11.0. The summed E-state index contributed by atoms with van der Waals surface area (Å²) in [4.78, 5) is 16.3. The van der Waals surface area contributed by atoms with Crippen molar-refractivity contribution in [3.05, 3.63) is 108 Å². The lowest BCUT2D eigenvalue weighted by molar-refractivity contribution is 0.112. The van der Waals surface area contributed by atoms with Crippen molar-refractivity contribution in [1.29, 1.82) is 0 Å². The average molecular weight is 450 g/mol. The second kappa shape index (κ2) is 9.58. The molecule has 0 aliphatic heterocycles. The van der Waals surface area contributed by atoms with Gasteiger partial charge < -0.3 is 9.47 Å². The summed E-state index contributed by atoms with van der Waals surface area (Å²) in [5, 5.41) is 5.56. The van der Waals surface area contributed by atoms with Crippen molar-refractivity contribution in [3.63, 3.8) is 0 Å². The fourth-order valence-electron chi connectivity index (χ4n) is 3.91. The van der Waals surface area contributed by atoms with E-state index >= 15 is 0 Å². The van der Waals surface area contributed by atoms with Crippen LogP contribution in [0.2, 0.25) is 0 Å². The van der Waals surface area contributed by atoms with E-state index in [9.17, 15) is 4.79 Å². The van der Waals surface area contributed by atoms with Crippen molar-refractivity contribution in [3.8, 4) is 23.0 Å². The molecule has 6 nitrogen and oxygen atoms in total. The van der Waals surface area contributed by atoms with Crippen molar-refractivity contribution >= 4 is 17.2 Å².